The minimum atomic E-state index is -4.11. The van der Waals surface area contributed by atoms with Crippen LogP contribution in [-0.2, 0) is 16.5 Å². The van der Waals surface area contributed by atoms with Crippen molar-refractivity contribution in [3.63, 3.8) is 0 Å². The van der Waals surface area contributed by atoms with Crippen molar-refractivity contribution in [3.05, 3.63) is 29.8 Å². The molecule has 0 fully saturated rings. The van der Waals surface area contributed by atoms with Crippen LogP contribution >= 0.6 is 0 Å². The highest BCUT2D eigenvalue weighted by Crippen LogP contribution is 2.21. The summed E-state index contributed by atoms with van der Waals surface area (Å²) in [5.74, 6) is 0.430. The maximum Gasteiger partial charge on any atom is 0.294 e. The molecule has 4 heteroatoms. The third-order valence-corrected chi connectivity index (χ3v) is 4.82. The summed E-state index contributed by atoms with van der Waals surface area (Å²) >= 11 is 0. The predicted molar refractivity (Wildman–Crippen MR) is 87.1 cm³/mol. The van der Waals surface area contributed by atoms with Crippen molar-refractivity contribution < 1.29 is 13.0 Å². The molecule has 0 amide bonds. The second-order valence-corrected chi connectivity index (χ2v) is 7.34. The SMILES string of the molecule is CCCCCCCCC(C)Cc1ccccc1S(=O)(=O)O. The molecular formula is C17H28O3S. The van der Waals surface area contributed by atoms with E-state index in [9.17, 15) is 13.0 Å². The van der Waals surface area contributed by atoms with Gasteiger partial charge in [-0.25, -0.2) is 0 Å². The zero-order valence-electron chi connectivity index (χ0n) is 13.2. The molecule has 1 unspecified atom stereocenters. The van der Waals surface area contributed by atoms with E-state index in [0.717, 1.165) is 12.0 Å². The van der Waals surface area contributed by atoms with Gasteiger partial charge in [0.15, 0.2) is 0 Å². The van der Waals surface area contributed by atoms with Crippen molar-refractivity contribution in [2.75, 3.05) is 0 Å². The quantitative estimate of drug-likeness (QED) is 0.495. The van der Waals surface area contributed by atoms with Crippen LogP contribution < -0.4 is 0 Å². The molecule has 0 heterocycles. The Labute approximate surface area is 129 Å². The van der Waals surface area contributed by atoms with Crippen LogP contribution in [0.15, 0.2) is 29.2 Å². The average Bonchev–Trinajstić information content (AvgIpc) is 2.42. The van der Waals surface area contributed by atoms with Crippen molar-refractivity contribution in [1.82, 2.24) is 0 Å². The van der Waals surface area contributed by atoms with Crippen LogP contribution in [0.4, 0.5) is 0 Å². The Bertz CT molecular complexity index is 509. The number of hydrogen-bond donors (Lipinski definition) is 1. The summed E-state index contributed by atoms with van der Waals surface area (Å²) in [6.07, 6.45) is 9.44. The van der Waals surface area contributed by atoms with E-state index < -0.39 is 10.1 Å². The fourth-order valence-corrected chi connectivity index (χ4v) is 3.41. The smallest absolute Gasteiger partial charge is 0.282 e. The molecule has 0 radical (unpaired) electrons. The Morgan fingerprint density at radius 1 is 1.05 bits per heavy atom. The summed E-state index contributed by atoms with van der Waals surface area (Å²) in [4.78, 5) is 0.0554. The van der Waals surface area contributed by atoms with Crippen LogP contribution in [0.25, 0.3) is 0 Å². The predicted octanol–water partition coefficient (Wildman–Crippen LogP) is 4.86. The summed E-state index contributed by atoms with van der Waals surface area (Å²) in [5.41, 5.74) is 0.721. The van der Waals surface area contributed by atoms with Gasteiger partial charge in [-0.2, -0.15) is 8.42 Å². The molecule has 0 saturated heterocycles. The molecule has 21 heavy (non-hydrogen) atoms. The van der Waals surface area contributed by atoms with E-state index in [2.05, 4.69) is 13.8 Å². The van der Waals surface area contributed by atoms with Gasteiger partial charge in [-0.15, -0.1) is 0 Å². The Morgan fingerprint density at radius 2 is 1.67 bits per heavy atom. The number of rotatable bonds is 10. The first-order chi connectivity index (χ1) is 9.95. The topological polar surface area (TPSA) is 54.4 Å². The fourth-order valence-electron chi connectivity index (χ4n) is 2.67. The normalized spacial score (nSPS) is 13.3. The maximum atomic E-state index is 11.4. The molecule has 0 aliphatic rings. The molecule has 0 saturated carbocycles. The van der Waals surface area contributed by atoms with E-state index in [1.807, 2.05) is 6.07 Å². The molecule has 1 N–H and O–H groups in total. The first-order valence-electron chi connectivity index (χ1n) is 8.00. The summed E-state index contributed by atoms with van der Waals surface area (Å²) in [6, 6.07) is 6.73. The van der Waals surface area contributed by atoms with Gasteiger partial charge < -0.3 is 0 Å². The first kappa shape index (κ1) is 18.2. The number of benzene rings is 1. The second kappa shape index (κ2) is 9.21. The standard InChI is InChI=1S/C17H28O3S/c1-3-4-5-6-7-8-11-15(2)14-16-12-9-10-13-17(16)21(18,19)20/h9-10,12-13,15H,3-8,11,14H2,1-2H3,(H,18,19,20). The molecule has 1 atom stereocenters. The van der Waals surface area contributed by atoms with Gasteiger partial charge in [0.1, 0.15) is 0 Å². The van der Waals surface area contributed by atoms with E-state index in [1.165, 1.54) is 44.6 Å². The van der Waals surface area contributed by atoms with Crippen molar-refractivity contribution in [1.29, 1.82) is 0 Å². The van der Waals surface area contributed by atoms with Gasteiger partial charge in [0, 0.05) is 0 Å². The van der Waals surface area contributed by atoms with Crippen LogP contribution in [0.3, 0.4) is 0 Å². The van der Waals surface area contributed by atoms with Crippen molar-refractivity contribution >= 4 is 10.1 Å². The van der Waals surface area contributed by atoms with E-state index >= 15 is 0 Å². The molecule has 1 aromatic rings. The van der Waals surface area contributed by atoms with E-state index in [1.54, 1.807) is 12.1 Å². The van der Waals surface area contributed by atoms with Gasteiger partial charge >= 0.3 is 0 Å². The molecule has 3 nitrogen and oxygen atoms in total. The monoisotopic (exact) mass is 312 g/mol. The Balaban J connectivity index is 2.43. The molecule has 1 rings (SSSR count). The van der Waals surface area contributed by atoms with Gasteiger partial charge in [0.2, 0.25) is 0 Å². The molecule has 120 valence electrons. The highest BCUT2D eigenvalue weighted by Gasteiger charge is 2.16. The van der Waals surface area contributed by atoms with E-state index in [4.69, 9.17) is 0 Å². The largest absolute Gasteiger partial charge is 0.294 e. The average molecular weight is 312 g/mol. The Morgan fingerprint density at radius 3 is 2.33 bits per heavy atom. The summed E-state index contributed by atoms with van der Waals surface area (Å²) in [6.45, 7) is 4.36. The van der Waals surface area contributed by atoms with Crippen LogP contribution in [0.1, 0.15) is 64.4 Å². The van der Waals surface area contributed by atoms with Gasteiger partial charge in [0.25, 0.3) is 10.1 Å². The molecule has 0 bridgehead atoms. The van der Waals surface area contributed by atoms with Crippen LogP contribution in [0, 0.1) is 5.92 Å². The van der Waals surface area contributed by atoms with Crippen LogP contribution in [0.2, 0.25) is 0 Å². The Hall–Kier alpha value is -0.870. The van der Waals surface area contributed by atoms with E-state index in [-0.39, 0.29) is 4.90 Å². The number of hydrogen-bond acceptors (Lipinski definition) is 2. The second-order valence-electron chi connectivity index (χ2n) is 5.95. The molecule has 0 aliphatic carbocycles. The van der Waals surface area contributed by atoms with Gasteiger partial charge in [-0.3, -0.25) is 4.55 Å². The minimum absolute atomic E-state index is 0.0554. The van der Waals surface area contributed by atoms with Crippen LogP contribution in [-0.4, -0.2) is 13.0 Å². The summed E-state index contributed by atoms with van der Waals surface area (Å²) < 4.78 is 32.0. The third kappa shape index (κ3) is 7.09. The fraction of sp³-hybridized carbons (Fsp3) is 0.647. The van der Waals surface area contributed by atoms with Crippen molar-refractivity contribution in [2.24, 2.45) is 5.92 Å². The maximum absolute atomic E-state index is 11.4. The van der Waals surface area contributed by atoms with Crippen molar-refractivity contribution in [2.45, 2.75) is 70.1 Å². The molecule has 0 spiro atoms. The van der Waals surface area contributed by atoms with Gasteiger partial charge in [-0.05, 0) is 24.0 Å². The number of unbranched alkanes of at least 4 members (excludes halogenated alkanes) is 5. The summed E-state index contributed by atoms with van der Waals surface area (Å²) in [5, 5.41) is 0. The lowest BCUT2D eigenvalue weighted by atomic mass is 9.95. The zero-order chi connectivity index (χ0) is 15.7. The Kier molecular flexibility index (Phi) is 7.97. The minimum Gasteiger partial charge on any atom is -0.282 e. The van der Waals surface area contributed by atoms with Crippen LogP contribution in [0.5, 0.6) is 0 Å². The molecule has 1 aromatic carbocycles. The highest BCUT2D eigenvalue weighted by atomic mass is 32.2. The highest BCUT2D eigenvalue weighted by molar-refractivity contribution is 7.85. The van der Waals surface area contributed by atoms with Gasteiger partial charge in [0.05, 0.1) is 4.90 Å². The summed E-state index contributed by atoms with van der Waals surface area (Å²) in [7, 11) is -4.11. The first-order valence-corrected chi connectivity index (χ1v) is 9.44. The van der Waals surface area contributed by atoms with Crippen molar-refractivity contribution in [3.8, 4) is 0 Å². The lowest BCUT2D eigenvalue weighted by Crippen LogP contribution is -2.07. The zero-order valence-corrected chi connectivity index (χ0v) is 14.0. The molecular weight excluding hydrogens is 284 g/mol. The third-order valence-electron chi connectivity index (χ3n) is 3.87. The lowest BCUT2D eigenvalue weighted by molar-refractivity contribution is 0.469. The lowest BCUT2D eigenvalue weighted by Gasteiger charge is -2.13. The van der Waals surface area contributed by atoms with Gasteiger partial charge in [-0.1, -0.05) is 77.0 Å². The van der Waals surface area contributed by atoms with E-state index in [0.29, 0.717) is 12.3 Å². The molecule has 0 aliphatic heterocycles. The molecule has 0 aromatic heterocycles.